The van der Waals surface area contributed by atoms with Crippen LogP contribution in [0.1, 0.15) is 63.3 Å². The highest BCUT2D eigenvalue weighted by atomic mass is 16.2. The fourth-order valence-corrected chi connectivity index (χ4v) is 6.87. The van der Waals surface area contributed by atoms with E-state index in [1.807, 2.05) is 0 Å². The minimum absolute atomic E-state index is 0.121. The van der Waals surface area contributed by atoms with Gasteiger partial charge in [0, 0.05) is 41.3 Å². The quantitative estimate of drug-likeness (QED) is 0.196. The van der Waals surface area contributed by atoms with Crippen molar-refractivity contribution in [3.63, 3.8) is 0 Å². The van der Waals surface area contributed by atoms with Crippen LogP contribution in [0.25, 0.3) is 33.6 Å². The molecule has 2 aliphatic heterocycles. The highest BCUT2D eigenvalue weighted by molar-refractivity contribution is 5.88. The topological polar surface area (TPSA) is 163 Å². The molecule has 52 heavy (non-hydrogen) atoms. The summed E-state index contributed by atoms with van der Waals surface area (Å²) in [6.45, 7) is 4.67. The molecule has 274 valence electrons. The van der Waals surface area contributed by atoms with Crippen LogP contribution in [0.3, 0.4) is 0 Å². The summed E-state index contributed by atoms with van der Waals surface area (Å²) >= 11 is 0. The van der Waals surface area contributed by atoms with Crippen LogP contribution >= 0.6 is 0 Å². The Kier molecular flexibility index (Phi) is 10.6. The van der Waals surface area contributed by atoms with Crippen molar-refractivity contribution in [2.45, 2.75) is 63.7 Å². The van der Waals surface area contributed by atoms with Crippen LogP contribution < -0.4 is 10.6 Å². The van der Waals surface area contributed by atoms with E-state index in [2.05, 4.69) is 79.1 Å². The summed E-state index contributed by atoms with van der Waals surface area (Å²) in [5, 5.41) is 5.51. The third-order valence-electron chi connectivity index (χ3n) is 9.85. The molecule has 2 aromatic carbocycles. The standard InChI is InChI=1S/C38H48N10O4/c1-23(41-37(51)45(3)4)35(49)47-19-7-9-31(47)33-39-21-29(43-33)27-15-11-25(12-16-27)26-13-17-28(18-14-26)30-22-40-34(44-30)32-10-8-20-48(32)36(50)24(2)42-38(52)46(5)6/h11-18,21-24,31-32H,7-10,19-20H2,1-6H3,(H,39,43)(H,40,44)(H,41,51)(H,42,52)/t23-,24?,31-,32-/m0/s1. The van der Waals surface area contributed by atoms with E-state index in [1.165, 1.54) is 9.80 Å². The predicted octanol–water partition coefficient (Wildman–Crippen LogP) is 4.78. The van der Waals surface area contributed by atoms with E-state index in [1.54, 1.807) is 64.2 Å². The molecule has 4 atom stereocenters. The number of imidazole rings is 2. The number of H-pyrrole nitrogens is 2. The van der Waals surface area contributed by atoms with Gasteiger partial charge < -0.3 is 40.2 Å². The zero-order valence-corrected chi connectivity index (χ0v) is 30.6. The van der Waals surface area contributed by atoms with Crippen LogP contribution in [0, 0.1) is 0 Å². The van der Waals surface area contributed by atoms with Gasteiger partial charge in [0.1, 0.15) is 23.7 Å². The number of rotatable bonds is 9. The maximum absolute atomic E-state index is 13.2. The number of likely N-dealkylation sites (tertiary alicyclic amines) is 2. The molecule has 4 N–H and O–H groups in total. The Morgan fingerprint density at radius 2 is 0.981 bits per heavy atom. The number of aromatic nitrogens is 4. The van der Waals surface area contributed by atoms with Gasteiger partial charge in [-0.2, -0.15) is 0 Å². The number of hydrogen-bond acceptors (Lipinski definition) is 6. The van der Waals surface area contributed by atoms with Crippen LogP contribution in [0.4, 0.5) is 9.59 Å². The number of hydrogen-bond donors (Lipinski definition) is 4. The van der Waals surface area contributed by atoms with Crippen LogP contribution in [0.2, 0.25) is 0 Å². The Bertz CT molecular complexity index is 1760. The molecule has 2 aromatic heterocycles. The lowest BCUT2D eigenvalue weighted by molar-refractivity contribution is -0.134. The summed E-state index contributed by atoms with van der Waals surface area (Å²) in [4.78, 5) is 73.2. The Hall–Kier alpha value is -5.66. The van der Waals surface area contributed by atoms with E-state index in [0.717, 1.165) is 71.0 Å². The first-order chi connectivity index (χ1) is 24.9. The molecular formula is C38H48N10O4. The van der Waals surface area contributed by atoms with Crippen molar-refractivity contribution in [1.82, 2.24) is 50.2 Å². The number of carbonyl (C=O) groups is 4. The van der Waals surface area contributed by atoms with Crippen molar-refractivity contribution in [1.29, 1.82) is 0 Å². The second kappa shape index (κ2) is 15.3. The number of aromatic amines is 2. The van der Waals surface area contributed by atoms with Gasteiger partial charge in [0.25, 0.3) is 0 Å². The summed E-state index contributed by atoms with van der Waals surface area (Å²) in [5.41, 5.74) is 5.85. The Balaban J connectivity index is 1.08. The van der Waals surface area contributed by atoms with Crippen LogP contribution in [0.5, 0.6) is 0 Å². The first kappa shape index (κ1) is 36.1. The first-order valence-corrected chi connectivity index (χ1v) is 17.8. The second-order valence-electron chi connectivity index (χ2n) is 14.0. The SMILES string of the molecule is CC(NC(=O)N(C)C)C(=O)N1CCC[C@H]1c1ncc(-c2ccc(-c3ccc(-c4cnc([C@@H]5CCCN5C(=O)[C@H](C)NC(=O)N(C)C)[nH]4)cc3)cc2)[nH]1. The van der Waals surface area contributed by atoms with Crippen molar-refractivity contribution < 1.29 is 19.2 Å². The minimum atomic E-state index is -0.636. The summed E-state index contributed by atoms with van der Waals surface area (Å²) < 4.78 is 0. The van der Waals surface area contributed by atoms with Gasteiger partial charge in [-0.3, -0.25) is 9.59 Å². The van der Waals surface area contributed by atoms with Crippen molar-refractivity contribution in [3.8, 4) is 33.6 Å². The van der Waals surface area contributed by atoms with Crippen molar-refractivity contribution in [2.75, 3.05) is 41.3 Å². The van der Waals surface area contributed by atoms with E-state index in [9.17, 15) is 19.2 Å². The first-order valence-electron chi connectivity index (χ1n) is 17.8. The van der Waals surface area contributed by atoms with Gasteiger partial charge in [-0.15, -0.1) is 0 Å². The largest absolute Gasteiger partial charge is 0.340 e. The molecule has 6 rings (SSSR count). The second-order valence-corrected chi connectivity index (χ2v) is 14.0. The summed E-state index contributed by atoms with van der Waals surface area (Å²) in [6, 6.07) is 14.3. The molecule has 2 saturated heterocycles. The van der Waals surface area contributed by atoms with E-state index in [-0.39, 0.29) is 36.0 Å². The number of benzene rings is 2. The molecule has 14 heteroatoms. The third kappa shape index (κ3) is 7.65. The lowest BCUT2D eigenvalue weighted by Gasteiger charge is -2.27. The van der Waals surface area contributed by atoms with Crippen LogP contribution in [0.15, 0.2) is 60.9 Å². The maximum Gasteiger partial charge on any atom is 0.317 e. The number of carbonyl (C=O) groups excluding carboxylic acids is 4. The Labute approximate surface area is 304 Å². The van der Waals surface area contributed by atoms with Crippen LogP contribution in [-0.4, -0.2) is 117 Å². The molecule has 1 unspecified atom stereocenters. The molecule has 0 aliphatic carbocycles. The molecule has 4 heterocycles. The number of nitrogens with one attached hydrogen (secondary N) is 4. The highest BCUT2D eigenvalue weighted by Gasteiger charge is 2.36. The number of urea groups is 2. The minimum Gasteiger partial charge on any atom is -0.340 e. The average molecular weight is 709 g/mol. The molecule has 0 spiro atoms. The van der Waals surface area contributed by atoms with Crippen LogP contribution in [-0.2, 0) is 9.59 Å². The van der Waals surface area contributed by atoms with E-state index in [4.69, 9.17) is 0 Å². The lowest BCUT2D eigenvalue weighted by atomic mass is 10.0. The summed E-state index contributed by atoms with van der Waals surface area (Å²) in [7, 11) is 6.58. The molecule has 0 saturated carbocycles. The molecule has 14 nitrogen and oxygen atoms in total. The van der Waals surface area contributed by atoms with Gasteiger partial charge in [0.05, 0.1) is 35.9 Å². The lowest BCUT2D eigenvalue weighted by Crippen LogP contribution is -2.49. The maximum atomic E-state index is 13.2. The van der Waals surface area contributed by atoms with E-state index < -0.39 is 12.1 Å². The Morgan fingerprint density at radius 3 is 1.33 bits per heavy atom. The molecule has 0 radical (unpaired) electrons. The van der Waals surface area contributed by atoms with Gasteiger partial charge in [0.2, 0.25) is 11.8 Å². The van der Waals surface area contributed by atoms with Gasteiger partial charge in [-0.05, 0) is 61.8 Å². The molecule has 6 amide bonds. The molecule has 2 fully saturated rings. The fraction of sp³-hybridized carbons (Fsp3) is 0.421. The molecule has 0 bridgehead atoms. The molecule has 4 aromatic rings. The average Bonchev–Trinajstić information content (AvgIpc) is 3.97. The van der Waals surface area contributed by atoms with Gasteiger partial charge in [0.15, 0.2) is 0 Å². The third-order valence-corrected chi connectivity index (χ3v) is 9.85. The molecule has 2 aliphatic rings. The van der Waals surface area contributed by atoms with Gasteiger partial charge >= 0.3 is 12.1 Å². The van der Waals surface area contributed by atoms with E-state index >= 15 is 0 Å². The predicted molar refractivity (Wildman–Crippen MR) is 198 cm³/mol. The normalized spacial score (nSPS) is 18.2. The molecular weight excluding hydrogens is 660 g/mol. The summed E-state index contributed by atoms with van der Waals surface area (Å²) in [6.07, 6.45) is 6.96. The number of nitrogens with zero attached hydrogens (tertiary/aromatic N) is 6. The summed E-state index contributed by atoms with van der Waals surface area (Å²) in [5.74, 6) is 1.24. The van der Waals surface area contributed by atoms with Crippen molar-refractivity contribution in [2.24, 2.45) is 0 Å². The van der Waals surface area contributed by atoms with Gasteiger partial charge in [-0.1, -0.05) is 48.5 Å². The highest BCUT2D eigenvalue weighted by Crippen LogP contribution is 2.34. The zero-order valence-electron chi connectivity index (χ0n) is 30.6. The smallest absolute Gasteiger partial charge is 0.317 e. The number of amides is 6. The zero-order chi connectivity index (χ0) is 37.1. The van der Waals surface area contributed by atoms with Gasteiger partial charge in [-0.25, -0.2) is 19.6 Å². The monoisotopic (exact) mass is 708 g/mol. The van der Waals surface area contributed by atoms with Crippen molar-refractivity contribution in [3.05, 3.63) is 72.6 Å². The van der Waals surface area contributed by atoms with Crippen molar-refractivity contribution >= 4 is 23.9 Å². The van der Waals surface area contributed by atoms with E-state index in [0.29, 0.717) is 13.1 Å². The Morgan fingerprint density at radius 1 is 0.635 bits per heavy atom. The fourth-order valence-electron chi connectivity index (χ4n) is 6.87.